The summed E-state index contributed by atoms with van der Waals surface area (Å²) in [5, 5.41) is 14.8. The third kappa shape index (κ3) is 5.85. The summed E-state index contributed by atoms with van der Waals surface area (Å²) >= 11 is 0. The van der Waals surface area contributed by atoms with E-state index in [-0.39, 0.29) is 24.1 Å². The van der Waals surface area contributed by atoms with E-state index in [1.165, 1.54) is 12.1 Å². The molecule has 0 aliphatic heterocycles. The molecule has 0 radical (unpaired) electrons. The number of benzene rings is 3. The molecule has 0 heterocycles. The molecular weight excluding hydrogens is 380 g/mol. The summed E-state index contributed by atoms with van der Waals surface area (Å²) in [6.07, 6.45) is -0.698. The number of nitrogens with one attached hydrogen (secondary N) is 2. The van der Waals surface area contributed by atoms with Crippen LogP contribution in [0.25, 0.3) is 11.1 Å². The van der Waals surface area contributed by atoms with Gasteiger partial charge in [0.25, 0.3) is 11.8 Å². The van der Waals surface area contributed by atoms with E-state index in [0.29, 0.717) is 17.9 Å². The van der Waals surface area contributed by atoms with Crippen molar-refractivity contribution in [2.24, 2.45) is 0 Å². The number of hydrogen-bond donors (Lipinski definition) is 3. The second-order valence-corrected chi connectivity index (χ2v) is 6.74. The van der Waals surface area contributed by atoms with Crippen molar-refractivity contribution in [2.45, 2.75) is 13.0 Å². The third-order valence-corrected chi connectivity index (χ3v) is 4.48. The van der Waals surface area contributed by atoms with Crippen molar-refractivity contribution < 1.29 is 19.4 Å². The van der Waals surface area contributed by atoms with Gasteiger partial charge in [0.2, 0.25) is 0 Å². The van der Waals surface area contributed by atoms with Gasteiger partial charge in [0.1, 0.15) is 11.5 Å². The van der Waals surface area contributed by atoms with E-state index in [1.54, 1.807) is 31.2 Å². The molecule has 6 heteroatoms. The van der Waals surface area contributed by atoms with E-state index in [9.17, 15) is 14.7 Å². The number of carbonyl (C=O) groups excluding carboxylic acids is 2. The lowest BCUT2D eigenvalue weighted by Crippen LogP contribution is -2.40. The average Bonchev–Trinajstić information content (AvgIpc) is 2.78. The Labute approximate surface area is 175 Å². The van der Waals surface area contributed by atoms with Crippen molar-refractivity contribution in [1.29, 1.82) is 0 Å². The summed E-state index contributed by atoms with van der Waals surface area (Å²) in [6, 6.07) is 23.5. The van der Waals surface area contributed by atoms with Gasteiger partial charge in [-0.2, -0.15) is 0 Å². The highest BCUT2D eigenvalue weighted by Crippen LogP contribution is 2.19. The second kappa shape index (κ2) is 10.1. The molecule has 2 amide bonds. The van der Waals surface area contributed by atoms with Crippen molar-refractivity contribution in [3.8, 4) is 22.6 Å². The maximum absolute atomic E-state index is 12.3. The number of hydrogen-bond acceptors (Lipinski definition) is 4. The van der Waals surface area contributed by atoms with E-state index >= 15 is 0 Å². The van der Waals surface area contributed by atoms with Crippen LogP contribution >= 0.6 is 0 Å². The summed E-state index contributed by atoms with van der Waals surface area (Å²) in [6.45, 7) is 2.22. The Bertz CT molecular complexity index is 970. The van der Waals surface area contributed by atoms with Crippen molar-refractivity contribution in [3.63, 3.8) is 0 Å². The molecule has 0 bridgehead atoms. The highest BCUT2D eigenvalue weighted by Gasteiger charge is 2.14. The molecule has 3 aromatic rings. The molecule has 0 saturated heterocycles. The van der Waals surface area contributed by atoms with Crippen molar-refractivity contribution in [2.75, 3.05) is 13.1 Å². The lowest BCUT2D eigenvalue weighted by Gasteiger charge is -2.15. The number of carbonyl (C=O) groups is 2. The van der Waals surface area contributed by atoms with Gasteiger partial charge in [-0.3, -0.25) is 9.59 Å². The fourth-order valence-corrected chi connectivity index (χ4v) is 2.83. The van der Waals surface area contributed by atoms with E-state index < -0.39 is 6.10 Å². The molecule has 154 valence electrons. The zero-order valence-corrected chi connectivity index (χ0v) is 16.7. The van der Waals surface area contributed by atoms with Gasteiger partial charge >= 0.3 is 0 Å². The minimum Gasteiger partial charge on any atom is -0.508 e. The molecule has 0 aliphatic rings. The third-order valence-electron chi connectivity index (χ3n) is 4.48. The highest BCUT2D eigenvalue weighted by atomic mass is 16.5. The summed E-state index contributed by atoms with van der Waals surface area (Å²) in [7, 11) is 0. The predicted molar refractivity (Wildman–Crippen MR) is 115 cm³/mol. The average molecular weight is 404 g/mol. The van der Waals surface area contributed by atoms with Crippen LogP contribution in [0.4, 0.5) is 0 Å². The Kier molecular flexibility index (Phi) is 7.05. The number of rotatable bonds is 8. The quantitative estimate of drug-likeness (QED) is 0.503. The molecule has 3 rings (SSSR count). The minimum atomic E-state index is -0.698. The van der Waals surface area contributed by atoms with Gasteiger partial charge in [0, 0.05) is 18.7 Å². The van der Waals surface area contributed by atoms with Gasteiger partial charge < -0.3 is 20.5 Å². The van der Waals surface area contributed by atoms with Crippen LogP contribution in [0.15, 0.2) is 78.9 Å². The molecule has 0 spiro atoms. The van der Waals surface area contributed by atoms with Crippen LogP contribution < -0.4 is 15.4 Å². The maximum Gasteiger partial charge on any atom is 0.260 e. The fraction of sp³-hybridized carbons (Fsp3) is 0.167. The fourth-order valence-electron chi connectivity index (χ4n) is 2.83. The Morgan fingerprint density at radius 2 is 1.43 bits per heavy atom. The van der Waals surface area contributed by atoms with Gasteiger partial charge in [0.15, 0.2) is 6.10 Å². The summed E-state index contributed by atoms with van der Waals surface area (Å²) in [4.78, 5) is 24.4. The molecule has 30 heavy (non-hydrogen) atoms. The molecule has 3 N–H and O–H groups in total. The lowest BCUT2D eigenvalue weighted by molar-refractivity contribution is -0.127. The van der Waals surface area contributed by atoms with Crippen LogP contribution in [0.3, 0.4) is 0 Å². The molecule has 3 aromatic carbocycles. The van der Waals surface area contributed by atoms with Crippen LogP contribution in [0.2, 0.25) is 0 Å². The molecule has 1 unspecified atom stereocenters. The SMILES string of the molecule is CC(Oc1ccc(O)cc1)C(=O)NCCNC(=O)c1ccc(-c2ccccc2)cc1. The topological polar surface area (TPSA) is 87.7 Å². The van der Waals surface area contributed by atoms with Crippen LogP contribution in [-0.4, -0.2) is 36.1 Å². The van der Waals surface area contributed by atoms with Gasteiger partial charge in [-0.25, -0.2) is 0 Å². The largest absolute Gasteiger partial charge is 0.508 e. The molecule has 0 aromatic heterocycles. The summed E-state index contributed by atoms with van der Waals surface area (Å²) in [5.41, 5.74) is 2.70. The molecule has 0 fully saturated rings. The number of ether oxygens (including phenoxy) is 1. The van der Waals surface area contributed by atoms with Crippen LogP contribution in [0.5, 0.6) is 11.5 Å². The molecular formula is C24H24N2O4. The molecule has 1 atom stereocenters. The zero-order valence-electron chi connectivity index (χ0n) is 16.7. The van der Waals surface area contributed by atoms with Gasteiger partial charge in [-0.1, -0.05) is 42.5 Å². The van der Waals surface area contributed by atoms with Crippen LogP contribution in [0.1, 0.15) is 17.3 Å². The molecule has 0 aliphatic carbocycles. The summed E-state index contributed by atoms with van der Waals surface area (Å²) < 4.78 is 5.52. The first kappa shape index (κ1) is 20.9. The van der Waals surface area contributed by atoms with E-state index in [1.807, 2.05) is 42.5 Å². The smallest absolute Gasteiger partial charge is 0.260 e. The first-order valence-electron chi connectivity index (χ1n) is 9.70. The number of aromatic hydroxyl groups is 1. The van der Waals surface area contributed by atoms with E-state index in [4.69, 9.17) is 4.74 Å². The Hall–Kier alpha value is -3.80. The standard InChI is InChI=1S/C24H24N2O4/c1-17(30-22-13-11-21(27)12-14-22)23(28)25-15-16-26-24(29)20-9-7-19(8-10-20)18-5-3-2-4-6-18/h2-14,17,27H,15-16H2,1H3,(H,25,28)(H,26,29). The maximum atomic E-state index is 12.3. The first-order valence-corrected chi connectivity index (χ1v) is 9.70. The number of phenols is 1. The Morgan fingerprint density at radius 1 is 0.833 bits per heavy atom. The van der Waals surface area contributed by atoms with Crippen molar-refractivity contribution in [1.82, 2.24) is 10.6 Å². The normalized spacial score (nSPS) is 11.4. The first-order chi connectivity index (χ1) is 14.5. The second-order valence-electron chi connectivity index (χ2n) is 6.74. The van der Waals surface area contributed by atoms with Gasteiger partial charge in [-0.15, -0.1) is 0 Å². The van der Waals surface area contributed by atoms with Crippen molar-refractivity contribution in [3.05, 3.63) is 84.4 Å². The number of phenolic OH excluding ortho intramolecular Hbond substituents is 1. The summed E-state index contributed by atoms with van der Waals surface area (Å²) in [5.74, 6) is 0.134. The van der Waals surface area contributed by atoms with Gasteiger partial charge in [0.05, 0.1) is 0 Å². The molecule has 0 saturated carbocycles. The van der Waals surface area contributed by atoms with Gasteiger partial charge in [-0.05, 0) is 54.4 Å². The Morgan fingerprint density at radius 3 is 2.10 bits per heavy atom. The minimum absolute atomic E-state index is 0.130. The lowest BCUT2D eigenvalue weighted by atomic mass is 10.0. The monoisotopic (exact) mass is 404 g/mol. The highest BCUT2D eigenvalue weighted by molar-refractivity contribution is 5.94. The van der Waals surface area contributed by atoms with E-state index in [0.717, 1.165) is 11.1 Å². The molecule has 6 nitrogen and oxygen atoms in total. The number of amides is 2. The zero-order chi connectivity index (χ0) is 21.3. The van der Waals surface area contributed by atoms with Crippen molar-refractivity contribution >= 4 is 11.8 Å². The predicted octanol–water partition coefficient (Wildman–Crippen LogP) is 3.37. The van der Waals surface area contributed by atoms with E-state index in [2.05, 4.69) is 10.6 Å². The Balaban J connectivity index is 1.40. The van der Waals surface area contributed by atoms with Crippen LogP contribution in [-0.2, 0) is 4.79 Å². The van der Waals surface area contributed by atoms with Crippen LogP contribution in [0, 0.1) is 0 Å².